The molecule has 1 aromatic rings. The minimum Gasteiger partial charge on any atom is -0.296 e. The number of nitriles is 1. The molecule has 5 nitrogen and oxygen atoms in total. The Morgan fingerprint density at radius 2 is 1.94 bits per heavy atom. The molecule has 90 valence electrons. The van der Waals surface area contributed by atoms with Gasteiger partial charge < -0.3 is 0 Å². The van der Waals surface area contributed by atoms with E-state index in [2.05, 4.69) is 0 Å². The molecule has 0 unspecified atom stereocenters. The molecule has 1 aromatic heterocycles. The smallest absolute Gasteiger partial charge is 0.296 e. The molecule has 0 spiro atoms. The number of hydrogen-bond donors (Lipinski definition) is 0. The lowest BCUT2D eigenvalue weighted by Gasteiger charge is -2.24. The first kappa shape index (κ1) is 11.6. The van der Waals surface area contributed by atoms with Crippen LogP contribution in [0.3, 0.4) is 0 Å². The van der Waals surface area contributed by atoms with Gasteiger partial charge in [0.15, 0.2) is 0 Å². The summed E-state index contributed by atoms with van der Waals surface area (Å²) < 4.78 is 2.58. The summed E-state index contributed by atoms with van der Waals surface area (Å²) in [5.41, 5.74) is -0.789. The van der Waals surface area contributed by atoms with Gasteiger partial charge in [-0.25, -0.2) is 4.79 Å². The molecular weight excluding hydrogens is 218 g/mol. The predicted octanol–water partition coefficient (Wildman–Crippen LogP) is 0.924. The Kier molecular flexibility index (Phi) is 3.14. The van der Waals surface area contributed by atoms with Crippen LogP contribution in [0.5, 0.6) is 0 Å². The fraction of sp³-hybridized carbons (Fsp3) is 0.583. The zero-order valence-corrected chi connectivity index (χ0v) is 9.85. The van der Waals surface area contributed by atoms with Crippen molar-refractivity contribution in [1.82, 2.24) is 9.13 Å². The highest BCUT2D eigenvalue weighted by molar-refractivity contribution is 5.22. The molecule has 0 radical (unpaired) electrons. The summed E-state index contributed by atoms with van der Waals surface area (Å²) >= 11 is 0. The fourth-order valence-electron chi connectivity index (χ4n) is 2.39. The zero-order valence-electron chi connectivity index (χ0n) is 9.85. The first-order chi connectivity index (χ1) is 8.15. The maximum atomic E-state index is 12.0. The topological polar surface area (TPSA) is 67.8 Å². The molecule has 0 aromatic carbocycles. The highest BCUT2D eigenvalue weighted by Gasteiger charge is 2.18. The van der Waals surface area contributed by atoms with E-state index in [0.717, 1.165) is 30.3 Å². The van der Waals surface area contributed by atoms with E-state index in [1.54, 1.807) is 4.57 Å². The first-order valence-electron chi connectivity index (χ1n) is 5.87. The molecular formula is C12H15N3O2. The summed E-state index contributed by atoms with van der Waals surface area (Å²) in [5.74, 6) is 0. The van der Waals surface area contributed by atoms with Crippen LogP contribution >= 0.6 is 0 Å². The maximum Gasteiger partial charge on any atom is 0.331 e. The second-order valence-corrected chi connectivity index (χ2v) is 4.50. The molecule has 1 fully saturated rings. The Morgan fingerprint density at radius 3 is 2.53 bits per heavy atom. The van der Waals surface area contributed by atoms with Crippen molar-refractivity contribution in [2.24, 2.45) is 7.05 Å². The lowest BCUT2D eigenvalue weighted by atomic mass is 9.95. The molecule has 1 heterocycles. The van der Waals surface area contributed by atoms with Crippen molar-refractivity contribution in [2.75, 3.05) is 0 Å². The van der Waals surface area contributed by atoms with Crippen LogP contribution in [0.1, 0.15) is 43.7 Å². The number of hydrogen-bond acceptors (Lipinski definition) is 3. The van der Waals surface area contributed by atoms with E-state index in [0.29, 0.717) is 0 Å². The molecule has 0 aliphatic heterocycles. The molecule has 0 N–H and O–H groups in total. The third kappa shape index (κ3) is 2.03. The maximum absolute atomic E-state index is 12.0. The van der Waals surface area contributed by atoms with Gasteiger partial charge in [0.2, 0.25) is 0 Å². The Balaban J connectivity index is 2.54. The van der Waals surface area contributed by atoms with Crippen LogP contribution in [0, 0.1) is 11.3 Å². The average Bonchev–Trinajstić information content (AvgIpc) is 2.37. The van der Waals surface area contributed by atoms with Crippen LogP contribution < -0.4 is 11.2 Å². The summed E-state index contributed by atoms with van der Waals surface area (Å²) in [4.78, 5) is 23.6. The average molecular weight is 233 g/mol. The van der Waals surface area contributed by atoms with E-state index in [1.807, 2.05) is 6.07 Å². The summed E-state index contributed by atoms with van der Waals surface area (Å²) in [7, 11) is 1.42. The van der Waals surface area contributed by atoms with Crippen LogP contribution in [0.2, 0.25) is 0 Å². The normalized spacial score (nSPS) is 16.7. The predicted molar refractivity (Wildman–Crippen MR) is 62.8 cm³/mol. The molecule has 1 aliphatic carbocycles. The third-order valence-electron chi connectivity index (χ3n) is 3.40. The quantitative estimate of drug-likeness (QED) is 0.724. The molecule has 2 rings (SSSR count). The van der Waals surface area contributed by atoms with Gasteiger partial charge in [-0.05, 0) is 12.8 Å². The van der Waals surface area contributed by atoms with Crippen molar-refractivity contribution in [2.45, 2.75) is 38.1 Å². The number of rotatable bonds is 1. The van der Waals surface area contributed by atoms with E-state index in [9.17, 15) is 9.59 Å². The van der Waals surface area contributed by atoms with E-state index < -0.39 is 5.56 Å². The molecule has 0 atom stereocenters. The van der Waals surface area contributed by atoms with E-state index >= 15 is 0 Å². The first-order valence-corrected chi connectivity index (χ1v) is 5.87. The number of aromatic nitrogens is 2. The van der Waals surface area contributed by atoms with Gasteiger partial charge in [0.1, 0.15) is 11.6 Å². The summed E-state index contributed by atoms with van der Waals surface area (Å²) in [6, 6.07) is 1.98. The van der Waals surface area contributed by atoms with Gasteiger partial charge in [-0.15, -0.1) is 0 Å². The van der Waals surface area contributed by atoms with Gasteiger partial charge in [0, 0.05) is 19.3 Å². The van der Waals surface area contributed by atoms with E-state index in [1.165, 1.54) is 19.7 Å². The summed E-state index contributed by atoms with van der Waals surface area (Å²) in [6.45, 7) is 0. The van der Waals surface area contributed by atoms with E-state index in [-0.39, 0.29) is 17.3 Å². The Bertz CT molecular complexity index is 571. The van der Waals surface area contributed by atoms with Gasteiger partial charge in [-0.1, -0.05) is 19.3 Å². The van der Waals surface area contributed by atoms with Crippen LogP contribution in [0.4, 0.5) is 0 Å². The van der Waals surface area contributed by atoms with Crippen molar-refractivity contribution >= 4 is 0 Å². The van der Waals surface area contributed by atoms with Gasteiger partial charge in [0.25, 0.3) is 5.56 Å². The molecule has 17 heavy (non-hydrogen) atoms. The lowest BCUT2D eigenvalue weighted by molar-refractivity contribution is 0.336. The van der Waals surface area contributed by atoms with Crippen LogP contribution in [0.25, 0.3) is 0 Å². The largest absolute Gasteiger partial charge is 0.331 e. The van der Waals surface area contributed by atoms with Crippen LogP contribution in [-0.4, -0.2) is 9.13 Å². The lowest BCUT2D eigenvalue weighted by Crippen LogP contribution is -2.40. The Hall–Kier alpha value is -1.83. The van der Waals surface area contributed by atoms with Gasteiger partial charge in [-0.3, -0.25) is 13.9 Å². The summed E-state index contributed by atoms with van der Waals surface area (Å²) in [5, 5.41) is 8.88. The minimum absolute atomic E-state index is 0.0395. The van der Waals surface area contributed by atoms with Crippen molar-refractivity contribution < 1.29 is 0 Å². The summed E-state index contributed by atoms with van der Waals surface area (Å²) in [6.07, 6.45) is 6.71. The molecule has 1 aliphatic rings. The molecule has 5 heteroatoms. The van der Waals surface area contributed by atoms with Crippen molar-refractivity contribution in [3.8, 4) is 6.07 Å². The van der Waals surface area contributed by atoms with Crippen molar-refractivity contribution in [1.29, 1.82) is 5.26 Å². The molecule has 1 saturated carbocycles. The van der Waals surface area contributed by atoms with E-state index in [4.69, 9.17) is 5.26 Å². The third-order valence-corrected chi connectivity index (χ3v) is 3.40. The highest BCUT2D eigenvalue weighted by Crippen LogP contribution is 2.26. The second-order valence-electron chi connectivity index (χ2n) is 4.50. The van der Waals surface area contributed by atoms with Crippen LogP contribution in [0.15, 0.2) is 15.8 Å². The zero-order chi connectivity index (χ0) is 12.4. The Morgan fingerprint density at radius 1 is 1.29 bits per heavy atom. The minimum atomic E-state index is -0.510. The highest BCUT2D eigenvalue weighted by atomic mass is 16.2. The molecule has 0 saturated heterocycles. The SMILES string of the molecule is Cn1c(=O)c(C#N)cn(C2CCCCC2)c1=O. The Labute approximate surface area is 98.9 Å². The van der Waals surface area contributed by atoms with Crippen LogP contribution in [-0.2, 0) is 7.05 Å². The monoisotopic (exact) mass is 233 g/mol. The van der Waals surface area contributed by atoms with Crippen molar-refractivity contribution in [3.63, 3.8) is 0 Å². The van der Waals surface area contributed by atoms with Gasteiger partial charge >= 0.3 is 5.69 Å². The fourth-order valence-corrected chi connectivity index (χ4v) is 2.39. The van der Waals surface area contributed by atoms with Crippen molar-refractivity contribution in [3.05, 3.63) is 32.6 Å². The van der Waals surface area contributed by atoms with Gasteiger partial charge in [-0.2, -0.15) is 5.26 Å². The molecule has 0 amide bonds. The number of nitrogens with zero attached hydrogens (tertiary/aromatic N) is 3. The molecule has 0 bridgehead atoms. The standard InChI is InChI=1S/C12H15N3O2/c1-14-11(16)9(7-13)8-15(12(14)17)10-5-3-2-4-6-10/h8,10H,2-6H2,1H3. The van der Waals surface area contributed by atoms with Gasteiger partial charge in [0.05, 0.1) is 0 Å². The second kappa shape index (κ2) is 4.58.